The zero-order valence-electron chi connectivity index (χ0n) is 21.1. The quantitative estimate of drug-likeness (QED) is 0.414. The minimum Gasteiger partial charge on any atom is -0.456 e. The van der Waals surface area contributed by atoms with E-state index in [-0.39, 0.29) is 48.1 Å². The summed E-state index contributed by atoms with van der Waals surface area (Å²) in [5.41, 5.74) is -1.84. The molecule has 35 heavy (non-hydrogen) atoms. The molecule has 2 heterocycles. The van der Waals surface area contributed by atoms with Crippen LogP contribution in [0.2, 0.25) is 0 Å². The van der Waals surface area contributed by atoms with Gasteiger partial charge in [0.25, 0.3) is 0 Å². The molecule has 7 nitrogen and oxygen atoms in total. The van der Waals surface area contributed by atoms with E-state index in [1.807, 2.05) is 13.8 Å². The summed E-state index contributed by atoms with van der Waals surface area (Å²) in [6.07, 6.45) is 5.78. The fourth-order valence-electron chi connectivity index (χ4n) is 9.60. The third kappa shape index (κ3) is 2.71. The Morgan fingerprint density at radius 2 is 1.91 bits per heavy atom. The molecule has 0 aromatic heterocycles. The van der Waals surface area contributed by atoms with Gasteiger partial charge in [-0.3, -0.25) is 4.79 Å². The molecule has 0 bridgehead atoms. The van der Waals surface area contributed by atoms with Crippen LogP contribution in [-0.2, 0) is 19.1 Å². The van der Waals surface area contributed by atoms with Gasteiger partial charge in [-0.15, -0.1) is 0 Å². The minimum atomic E-state index is -1.28. The lowest BCUT2D eigenvalue weighted by Gasteiger charge is -2.59. The highest BCUT2D eigenvalue weighted by atomic mass is 16.6. The van der Waals surface area contributed by atoms with Crippen LogP contribution in [0.15, 0.2) is 23.3 Å². The van der Waals surface area contributed by atoms with E-state index in [0.29, 0.717) is 18.4 Å². The first-order valence-electron chi connectivity index (χ1n) is 13.2. The number of esters is 1. The van der Waals surface area contributed by atoms with E-state index in [4.69, 9.17) is 9.47 Å². The standard InChI is InChI=1S/C28H38O7/c1-14-11-22(34-24(32)15(14)2)26(4,33)19-6-5-18-16-12-23-28(35-23)21(31)8-7-20(30)25(28,3)17(16)9-10-27(18,19)13-29/h7-8,16-19,21-23,29,31,33H,5-6,9-13H2,1-4H3/t16?,17?,18?,19-,21+,22?,23-,25+,26-,27-,28?/m1/s1. The second-order valence-electron chi connectivity index (χ2n) is 12.7. The smallest absolute Gasteiger partial charge is 0.334 e. The molecule has 4 aliphatic carbocycles. The van der Waals surface area contributed by atoms with Gasteiger partial charge in [0.05, 0.1) is 11.5 Å². The molecule has 0 aromatic rings. The number of ether oxygens (including phenoxy) is 2. The van der Waals surface area contributed by atoms with Crippen LogP contribution in [0.25, 0.3) is 0 Å². The van der Waals surface area contributed by atoms with Gasteiger partial charge in [0.15, 0.2) is 5.78 Å². The van der Waals surface area contributed by atoms with Crippen molar-refractivity contribution in [3.63, 3.8) is 0 Å². The van der Waals surface area contributed by atoms with Gasteiger partial charge in [-0.25, -0.2) is 4.79 Å². The van der Waals surface area contributed by atoms with Crippen molar-refractivity contribution >= 4 is 11.8 Å². The SMILES string of the molecule is CC1=C(C)C(=O)OC([C@](C)(O)[C@H]2CCC3C4C[C@H]5OC56[C@@H](O)C=CC(=O)[C@]6(C)C4CC[C@@]32CO)C1. The van der Waals surface area contributed by atoms with Crippen LogP contribution in [0.4, 0.5) is 0 Å². The maximum atomic E-state index is 13.3. The maximum Gasteiger partial charge on any atom is 0.334 e. The normalized spacial score (nSPS) is 52.1. The van der Waals surface area contributed by atoms with Crippen LogP contribution in [0.1, 0.15) is 66.2 Å². The number of ketones is 1. The van der Waals surface area contributed by atoms with Crippen molar-refractivity contribution in [2.45, 2.75) is 95.7 Å². The second-order valence-corrected chi connectivity index (χ2v) is 12.7. The highest BCUT2D eigenvalue weighted by Crippen LogP contribution is 2.73. The van der Waals surface area contributed by atoms with Crippen molar-refractivity contribution in [2.24, 2.45) is 34.5 Å². The minimum absolute atomic E-state index is 0.0322. The predicted molar refractivity (Wildman–Crippen MR) is 126 cm³/mol. The number of aliphatic hydroxyl groups excluding tert-OH is 2. The molecule has 0 radical (unpaired) electrons. The molecule has 5 unspecified atom stereocenters. The molecule has 0 amide bonds. The first-order valence-corrected chi connectivity index (χ1v) is 13.2. The highest BCUT2D eigenvalue weighted by molar-refractivity contribution is 5.98. The van der Waals surface area contributed by atoms with E-state index in [2.05, 4.69) is 0 Å². The molecular weight excluding hydrogens is 448 g/mol. The zero-order chi connectivity index (χ0) is 25.1. The summed E-state index contributed by atoms with van der Waals surface area (Å²) >= 11 is 0. The third-order valence-corrected chi connectivity index (χ3v) is 11.7. The van der Waals surface area contributed by atoms with E-state index in [1.54, 1.807) is 19.9 Å². The first kappa shape index (κ1) is 23.8. The van der Waals surface area contributed by atoms with E-state index in [0.717, 1.165) is 31.3 Å². The monoisotopic (exact) mass is 486 g/mol. The number of epoxide rings is 1. The Kier molecular flexibility index (Phi) is 4.95. The number of rotatable bonds is 3. The van der Waals surface area contributed by atoms with Crippen LogP contribution >= 0.6 is 0 Å². The number of aliphatic hydroxyl groups is 3. The molecular formula is C28H38O7. The number of cyclic esters (lactones) is 1. The molecule has 3 saturated carbocycles. The summed E-state index contributed by atoms with van der Waals surface area (Å²) in [4.78, 5) is 25.8. The van der Waals surface area contributed by atoms with Gasteiger partial charge in [-0.1, -0.05) is 5.57 Å². The van der Waals surface area contributed by atoms with Crippen molar-refractivity contribution in [1.82, 2.24) is 0 Å². The Hall–Kier alpha value is -1.54. The van der Waals surface area contributed by atoms with Crippen LogP contribution < -0.4 is 0 Å². The Bertz CT molecular complexity index is 1040. The summed E-state index contributed by atoms with van der Waals surface area (Å²) in [6.45, 7) is 7.38. The number of carbonyl (C=O) groups is 2. The van der Waals surface area contributed by atoms with Crippen molar-refractivity contribution in [3.8, 4) is 0 Å². The Morgan fingerprint density at radius 3 is 2.60 bits per heavy atom. The third-order valence-electron chi connectivity index (χ3n) is 11.7. The summed E-state index contributed by atoms with van der Waals surface area (Å²) in [5.74, 6) is -0.202. The van der Waals surface area contributed by atoms with Crippen molar-refractivity contribution in [1.29, 1.82) is 0 Å². The number of fused-ring (bicyclic) bond motifs is 4. The lowest BCUT2D eigenvalue weighted by Crippen LogP contribution is -2.65. The highest BCUT2D eigenvalue weighted by Gasteiger charge is 2.80. The lowest BCUT2D eigenvalue weighted by molar-refractivity contribution is -0.192. The summed E-state index contributed by atoms with van der Waals surface area (Å²) in [6, 6.07) is 0. The van der Waals surface area contributed by atoms with Crippen molar-refractivity contribution in [2.75, 3.05) is 6.61 Å². The van der Waals surface area contributed by atoms with Gasteiger partial charge in [0, 0.05) is 24.0 Å². The van der Waals surface area contributed by atoms with Crippen LogP contribution in [-0.4, -0.2) is 63.2 Å². The number of allylic oxidation sites excluding steroid dienone is 1. The summed E-state index contributed by atoms with van der Waals surface area (Å²) in [7, 11) is 0. The molecule has 4 fully saturated rings. The molecule has 7 heteroatoms. The number of hydrogen-bond acceptors (Lipinski definition) is 7. The van der Waals surface area contributed by atoms with Gasteiger partial charge < -0.3 is 24.8 Å². The fraction of sp³-hybridized carbons (Fsp3) is 0.786. The van der Waals surface area contributed by atoms with E-state index < -0.39 is 34.2 Å². The summed E-state index contributed by atoms with van der Waals surface area (Å²) < 4.78 is 11.9. The van der Waals surface area contributed by atoms with Gasteiger partial charge in [-0.05, 0) is 95.6 Å². The Balaban J connectivity index is 1.34. The zero-order valence-corrected chi connectivity index (χ0v) is 21.1. The molecule has 3 N–H and O–H groups in total. The molecule has 6 aliphatic rings. The van der Waals surface area contributed by atoms with E-state index in [9.17, 15) is 24.9 Å². The molecule has 192 valence electrons. The largest absolute Gasteiger partial charge is 0.456 e. The Labute approximate surface area is 206 Å². The maximum absolute atomic E-state index is 13.3. The topological polar surface area (TPSA) is 117 Å². The fourth-order valence-corrected chi connectivity index (χ4v) is 9.60. The van der Waals surface area contributed by atoms with Crippen LogP contribution in [0.3, 0.4) is 0 Å². The molecule has 11 atom stereocenters. The average molecular weight is 487 g/mol. The van der Waals surface area contributed by atoms with Gasteiger partial charge >= 0.3 is 5.97 Å². The predicted octanol–water partition coefficient (Wildman–Crippen LogP) is 2.47. The van der Waals surface area contributed by atoms with Crippen molar-refractivity contribution < 1.29 is 34.4 Å². The second kappa shape index (κ2) is 7.27. The first-order chi connectivity index (χ1) is 16.4. The molecule has 6 rings (SSSR count). The van der Waals surface area contributed by atoms with Crippen molar-refractivity contribution in [3.05, 3.63) is 23.3 Å². The number of carbonyl (C=O) groups excluding carboxylic acids is 2. The van der Waals surface area contributed by atoms with Gasteiger partial charge in [0.1, 0.15) is 23.4 Å². The average Bonchev–Trinajstić information content (AvgIpc) is 3.43. The summed E-state index contributed by atoms with van der Waals surface area (Å²) in [5, 5.41) is 33.7. The molecule has 1 spiro atoms. The molecule has 0 aromatic carbocycles. The lowest BCUT2D eigenvalue weighted by atomic mass is 9.44. The molecule has 2 aliphatic heterocycles. The van der Waals surface area contributed by atoms with Crippen LogP contribution in [0, 0.1) is 34.5 Å². The van der Waals surface area contributed by atoms with Crippen LogP contribution in [0.5, 0.6) is 0 Å². The number of hydrogen-bond donors (Lipinski definition) is 3. The van der Waals surface area contributed by atoms with Gasteiger partial charge in [-0.2, -0.15) is 0 Å². The van der Waals surface area contributed by atoms with E-state index in [1.165, 1.54) is 6.08 Å². The molecule has 1 saturated heterocycles. The Morgan fingerprint density at radius 1 is 1.17 bits per heavy atom. The van der Waals surface area contributed by atoms with Gasteiger partial charge in [0.2, 0.25) is 0 Å². The van der Waals surface area contributed by atoms with E-state index >= 15 is 0 Å².